The molecule has 0 radical (unpaired) electrons. The van der Waals surface area contributed by atoms with E-state index in [0.29, 0.717) is 34.4 Å². The molecule has 0 atom stereocenters. The Morgan fingerprint density at radius 3 is 2.38 bits per heavy atom. The van der Waals surface area contributed by atoms with E-state index in [1.807, 2.05) is 31.2 Å². The molecule has 0 aliphatic heterocycles. The third kappa shape index (κ3) is 4.40. The van der Waals surface area contributed by atoms with Gasteiger partial charge in [0.25, 0.3) is 5.91 Å². The molecule has 29 heavy (non-hydrogen) atoms. The number of para-hydroxylation sites is 1. The molecule has 0 bridgehead atoms. The first-order valence-corrected chi connectivity index (χ1v) is 10.1. The van der Waals surface area contributed by atoms with Crippen LogP contribution in [0.1, 0.15) is 35.3 Å². The first kappa shape index (κ1) is 20.8. The Labute approximate surface area is 171 Å². The van der Waals surface area contributed by atoms with Crippen molar-refractivity contribution >= 4 is 16.9 Å². The Morgan fingerprint density at radius 1 is 1.03 bits per heavy atom. The third-order valence-electron chi connectivity index (χ3n) is 5.31. The fourth-order valence-electron chi connectivity index (χ4n) is 3.43. The van der Waals surface area contributed by atoms with Crippen LogP contribution in [0.25, 0.3) is 22.3 Å². The Morgan fingerprint density at radius 2 is 1.72 bits per heavy atom. The predicted molar refractivity (Wildman–Crippen MR) is 118 cm³/mol. The second-order valence-electron chi connectivity index (χ2n) is 7.22. The quantitative estimate of drug-likeness (QED) is 0.656. The van der Waals surface area contributed by atoms with E-state index >= 15 is 0 Å². The molecular formula is C24H28N2O3. The first-order valence-electron chi connectivity index (χ1n) is 10.1. The van der Waals surface area contributed by atoms with E-state index in [0.717, 1.165) is 30.8 Å². The smallest absolute Gasteiger partial charge is 0.255 e. The average Bonchev–Trinajstić information content (AvgIpc) is 2.74. The highest BCUT2D eigenvalue weighted by atomic mass is 16.3. The second kappa shape index (κ2) is 9.05. The summed E-state index contributed by atoms with van der Waals surface area (Å²) in [4.78, 5) is 28.0. The summed E-state index contributed by atoms with van der Waals surface area (Å²) < 4.78 is 6.15. The van der Waals surface area contributed by atoms with Crippen LogP contribution in [0.5, 0.6) is 0 Å². The van der Waals surface area contributed by atoms with E-state index < -0.39 is 0 Å². The number of nitrogens with zero attached hydrogens (tertiary/aromatic N) is 1. The van der Waals surface area contributed by atoms with Gasteiger partial charge in [-0.2, -0.15) is 0 Å². The Kier molecular flexibility index (Phi) is 6.49. The summed E-state index contributed by atoms with van der Waals surface area (Å²) in [6, 6.07) is 12.9. The zero-order valence-corrected chi connectivity index (χ0v) is 17.5. The summed E-state index contributed by atoms with van der Waals surface area (Å²) >= 11 is 0. The normalized spacial score (nSPS) is 11.2. The zero-order valence-electron chi connectivity index (χ0n) is 17.5. The highest BCUT2D eigenvalue weighted by Gasteiger charge is 2.18. The molecule has 3 aromatic rings. The Hall–Kier alpha value is -2.92. The van der Waals surface area contributed by atoms with E-state index in [1.165, 1.54) is 0 Å². The molecule has 0 fully saturated rings. The Bertz CT molecular complexity index is 1060. The van der Waals surface area contributed by atoms with Gasteiger partial charge < -0.3 is 14.6 Å². The standard InChI is InChI=1S/C24H28N2O3/c1-5-26(6-2)15-14-25-24(28)20-9-7-8-19-21(27)17(4)22(29-23(19)20)18-12-10-16(3)11-13-18/h7-13H,5-6,14-15H2,1-4H3,(H,25,28). The van der Waals surface area contributed by atoms with Crippen molar-refractivity contribution in [3.8, 4) is 11.3 Å². The maximum atomic E-state index is 12.9. The number of aryl methyl sites for hydroxylation is 1. The molecule has 3 rings (SSSR count). The van der Waals surface area contributed by atoms with Crippen LogP contribution < -0.4 is 10.7 Å². The molecule has 0 aliphatic rings. The third-order valence-corrected chi connectivity index (χ3v) is 5.31. The van der Waals surface area contributed by atoms with Gasteiger partial charge in [0.1, 0.15) is 5.76 Å². The van der Waals surface area contributed by atoms with Crippen LogP contribution >= 0.6 is 0 Å². The van der Waals surface area contributed by atoms with Gasteiger partial charge in [0.15, 0.2) is 11.0 Å². The molecule has 2 aromatic carbocycles. The molecule has 0 unspecified atom stereocenters. The van der Waals surface area contributed by atoms with Crippen molar-refractivity contribution in [2.75, 3.05) is 26.2 Å². The number of likely N-dealkylation sites (N-methyl/N-ethyl adjacent to an activating group) is 1. The summed E-state index contributed by atoms with van der Waals surface area (Å²) in [6.07, 6.45) is 0. The van der Waals surface area contributed by atoms with Crippen LogP contribution in [0.2, 0.25) is 0 Å². The summed E-state index contributed by atoms with van der Waals surface area (Å²) in [5.74, 6) is 0.274. The van der Waals surface area contributed by atoms with E-state index in [2.05, 4.69) is 24.1 Å². The lowest BCUT2D eigenvalue weighted by molar-refractivity contribution is 0.0949. The van der Waals surface area contributed by atoms with Crippen molar-refractivity contribution in [2.24, 2.45) is 0 Å². The molecule has 152 valence electrons. The number of benzene rings is 2. The molecule has 5 nitrogen and oxygen atoms in total. The predicted octanol–water partition coefficient (Wildman–Crippen LogP) is 4.15. The zero-order chi connectivity index (χ0) is 21.0. The lowest BCUT2D eigenvalue weighted by atomic mass is 10.0. The second-order valence-corrected chi connectivity index (χ2v) is 7.22. The molecule has 1 N–H and O–H groups in total. The minimum absolute atomic E-state index is 0.111. The van der Waals surface area contributed by atoms with Crippen molar-refractivity contribution in [3.05, 3.63) is 69.4 Å². The van der Waals surface area contributed by atoms with Crippen LogP contribution in [0.15, 0.2) is 51.7 Å². The minimum Gasteiger partial charge on any atom is -0.455 e. The van der Waals surface area contributed by atoms with Gasteiger partial charge in [-0.3, -0.25) is 9.59 Å². The van der Waals surface area contributed by atoms with Crippen LogP contribution in [-0.4, -0.2) is 37.0 Å². The van der Waals surface area contributed by atoms with Crippen molar-refractivity contribution in [2.45, 2.75) is 27.7 Å². The van der Waals surface area contributed by atoms with E-state index in [-0.39, 0.29) is 11.3 Å². The number of rotatable bonds is 7. The van der Waals surface area contributed by atoms with Gasteiger partial charge in [-0.05, 0) is 39.1 Å². The van der Waals surface area contributed by atoms with Gasteiger partial charge in [0, 0.05) is 24.2 Å². The number of amides is 1. The molecule has 1 amide bonds. The van der Waals surface area contributed by atoms with Gasteiger partial charge in [0.05, 0.1) is 10.9 Å². The van der Waals surface area contributed by atoms with Gasteiger partial charge in [-0.25, -0.2) is 0 Å². The van der Waals surface area contributed by atoms with Gasteiger partial charge in [-0.15, -0.1) is 0 Å². The van der Waals surface area contributed by atoms with Crippen molar-refractivity contribution in [1.29, 1.82) is 0 Å². The lowest BCUT2D eigenvalue weighted by Gasteiger charge is -2.18. The lowest BCUT2D eigenvalue weighted by Crippen LogP contribution is -2.34. The van der Waals surface area contributed by atoms with Gasteiger partial charge in [-0.1, -0.05) is 49.7 Å². The number of hydrogen-bond donors (Lipinski definition) is 1. The van der Waals surface area contributed by atoms with Crippen molar-refractivity contribution < 1.29 is 9.21 Å². The number of fused-ring (bicyclic) bond motifs is 1. The molecule has 0 saturated heterocycles. The molecular weight excluding hydrogens is 364 g/mol. The summed E-state index contributed by atoms with van der Waals surface area (Å²) in [5, 5.41) is 3.37. The van der Waals surface area contributed by atoms with Crippen LogP contribution in [0, 0.1) is 13.8 Å². The van der Waals surface area contributed by atoms with Crippen LogP contribution in [0.3, 0.4) is 0 Å². The van der Waals surface area contributed by atoms with E-state index in [4.69, 9.17) is 4.42 Å². The summed E-state index contributed by atoms with van der Waals surface area (Å²) in [7, 11) is 0. The highest BCUT2D eigenvalue weighted by molar-refractivity contribution is 6.05. The molecule has 1 heterocycles. The van der Waals surface area contributed by atoms with Crippen LogP contribution in [-0.2, 0) is 0 Å². The largest absolute Gasteiger partial charge is 0.455 e. The number of hydrogen-bond acceptors (Lipinski definition) is 4. The van der Waals surface area contributed by atoms with E-state index in [1.54, 1.807) is 25.1 Å². The summed E-state index contributed by atoms with van der Waals surface area (Å²) in [5.41, 5.74) is 3.10. The molecule has 1 aromatic heterocycles. The Balaban J connectivity index is 1.99. The number of nitrogens with one attached hydrogen (secondary N) is 1. The number of carbonyl (C=O) groups is 1. The summed E-state index contributed by atoms with van der Waals surface area (Å²) in [6.45, 7) is 11.2. The highest BCUT2D eigenvalue weighted by Crippen LogP contribution is 2.27. The topological polar surface area (TPSA) is 62.6 Å². The van der Waals surface area contributed by atoms with Crippen LogP contribution in [0.4, 0.5) is 0 Å². The fourth-order valence-corrected chi connectivity index (χ4v) is 3.43. The minimum atomic E-state index is -0.232. The monoisotopic (exact) mass is 392 g/mol. The maximum Gasteiger partial charge on any atom is 0.255 e. The van der Waals surface area contributed by atoms with Crippen molar-refractivity contribution in [3.63, 3.8) is 0 Å². The van der Waals surface area contributed by atoms with E-state index in [9.17, 15) is 9.59 Å². The molecule has 0 aliphatic carbocycles. The molecule has 0 spiro atoms. The van der Waals surface area contributed by atoms with Crippen molar-refractivity contribution in [1.82, 2.24) is 10.2 Å². The number of carbonyl (C=O) groups excluding carboxylic acids is 1. The van der Waals surface area contributed by atoms with Gasteiger partial charge in [0.2, 0.25) is 0 Å². The average molecular weight is 392 g/mol. The first-order chi connectivity index (χ1) is 14.0. The van der Waals surface area contributed by atoms with Gasteiger partial charge >= 0.3 is 0 Å². The maximum absolute atomic E-state index is 12.9. The fraction of sp³-hybridized carbons (Fsp3) is 0.333. The SMILES string of the molecule is CCN(CC)CCNC(=O)c1cccc2c(=O)c(C)c(-c3ccc(C)cc3)oc12. The molecule has 0 saturated carbocycles. The molecule has 5 heteroatoms.